The monoisotopic (exact) mass is 261 g/mol. The third-order valence-electron chi connectivity index (χ3n) is 2.34. The molecule has 0 unspecified atom stereocenters. The van der Waals surface area contributed by atoms with Gasteiger partial charge in [-0.2, -0.15) is 0 Å². The van der Waals surface area contributed by atoms with E-state index in [-0.39, 0.29) is 17.5 Å². The van der Waals surface area contributed by atoms with Crippen LogP contribution in [0.4, 0.5) is 0 Å². The van der Waals surface area contributed by atoms with Crippen LogP contribution in [0.1, 0.15) is 31.1 Å². The van der Waals surface area contributed by atoms with Gasteiger partial charge in [-0.25, -0.2) is 4.79 Å². The summed E-state index contributed by atoms with van der Waals surface area (Å²) < 4.78 is 5.07. The van der Waals surface area contributed by atoms with Crippen LogP contribution in [0.5, 0.6) is 0 Å². The molecule has 0 saturated heterocycles. The number of amides is 1. The highest BCUT2D eigenvalue weighted by molar-refractivity contribution is 6.00. The number of hydrogen-bond donors (Lipinski definition) is 1. The predicted octanol–water partition coefficient (Wildman–Crippen LogP) is 2.52. The standard InChI is InChI=1S/C15H19NO3/c1-4-13(15(18)19-10-11(2)3)16-14(17)12-8-6-5-7-9-12/h4-9,11H,10H2,1-3H3,(H,16,17)/b13-4-. The lowest BCUT2D eigenvalue weighted by Crippen LogP contribution is -2.29. The molecule has 0 aliphatic rings. The van der Waals surface area contributed by atoms with E-state index < -0.39 is 5.97 Å². The van der Waals surface area contributed by atoms with E-state index in [2.05, 4.69) is 5.32 Å². The van der Waals surface area contributed by atoms with Gasteiger partial charge < -0.3 is 10.1 Å². The molecule has 1 aromatic rings. The zero-order valence-corrected chi connectivity index (χ0v) is 11.5. The first-order chi connectivity index (χ1) is 9.04. The molecule has 1 aromatic carbocycles. The van der Waals surface area contributed by atoms with Crippen molar-refractivity contribution in [2.24, 2.45) is 5.92 Å². The van der Waals surface area contributed by atoms with Gasteiger partial charge in [0, 0.05) is 5.56 Å². The van der Waals surface area contributed by atoms with Crippen molar-refractivity contribution < 1.29 is 14.3 Å². The van der Waals surface area contributed by atoms with Crippen molar-refractivity contribution in [3.63, 3.8) is 0 Å². The van der Waals surface area contributed by atoms with Gasteiger partial charge in [-0.1, -0.05) is 38.1 Å². The summed E-state index contributed by atoms with van der Waals surface area (Å²) in [6.07, 6.45) is 1.53. The second-order valence-electron chi connectivity index (χ2n) is 4.51. The molecule has 19 heavy (non-hydrogen) atoms. The number of esters is 1. The van der Waals surface area contributed by atoms with Crippen LogP contribution < -0.4 is 5.32 Å². The maximum absolute atomic E-state index is 11.9. The van der Waals surface area contributed by atoms with Crippen molar-refractivity contribution in [3.05, 3.63) is 47.7 Å². The third kappa shape index (κ3) is 4.95. The van der Waals surface area contributed by atoms with Crippen molar-refractivity contribution in [2.45, 2.75) is 20.8 Å². The molecule has 0 atom stereocenters. The van der Waals surface area contributed by atoms with E-state index in [1.54, 1.807) is 31.2 Å². The Kier molecular flexibility index (Phi) is 5.79. The van der Waals surface area contributed by atoms with E-state index in [1.807, 2.05) is 19.9 Å². The summed E-state index contributed by atoms with van der Waals surface area (Å²) >= 11 is 0. The molecule has 4 heteroatoms. The van der Waals surface area contributed by atoms with Gasteiger partial charge in [-0.3, -0.25) is 4.79 Å². The number of carbonyl (C=O) groups is 2. The lowest BCUT2D eigenvalue weighted by molar-refractivity contribution is -0.140. The van der Waals surface area contributed by atoms with Crippen LogP contribution in [0, 0.1) is 5.92 Å². The summed E-state index contributed by atoms with van der Waals surface area (Å²) in [6.45, 7) is 5.91. The third-order valence-corrected chi connectivity index (χ3v) is 2.34. The number of hydrogen-bond acceptors (Lipinski definition) is 3. The topological polar surface area (TPSA) is 55.4 Å². The van der Waals surface area contributed by atoms with E-state index in [0.29, 0.717) is 12.2 Å². The molecule has 4 nitrogen and oxygen atoms in total. The van der Waals surface area contributed by atoms with E-state index in [1.165, 1.54) is 6.08 Å². The average Bonchev–Trinajstić information content (AvgIpc) is 2.42. The number of rotatable bonds is 5. The first-order valence-corrected chi connectivity index (χ1v) is 6.24. The summed E-state index contributed by atoms with van der Waals surface area (Å²) in [7, 11) is 0. The molecule has 0 radical (unpaired) electrons. The van der Waals surface area contributed by atoms with Crippen LogP contribution in [0.3, 0.4) is 0 Å². The molecule has 0 bridgehead atoms. The minimum absolute atomic E-state index is 0.162. The van der Waals surface area contributed by atoms with E-state index in [0.717, 1.165) is 0 Å². The Labute approximate surface area is 113 Å². The highest BCUT2D eigenvalue weighted by Gasteiger charge is 2.14. The fourth-order valence-electron chi connectivity index (χ4n) is 1.35. The highest BCUT2D eigenvalue weighted by atomic mass is 16.5. The quantitative estimate of drug-likeness (QED) is 0.654. The maximum atomic E-state index is 11.9. The number of nitrogens with one attached hydrogen (secondary N) is 1. The molecule has 0 heterocycles. The fraction of sp³-hybridized carbons (Fsp3) is 0.333. The second-order valence-corrected chi connectivity index (χ2v) is 4.51. The number of carbonyl (C=O) groups excluding carboxylic acids is 2. The van der Waals surface area contributed by atoms with Gasteiger partial charge >= 0.3 is 5.97 Å². The van der Waals surface area contributed by atoms with E-state index >= 15 is 0 Å². The van der Waals surface area contributed by atoms with Crippen LogP contribution in [0.25, 0.3) is 0 Å². The van der Waals surface area contributed by atoms with E-state index in [9.17, 15) is 9.59 Å². The highest BCUT2D eigenvalue weighted by Crippen LogP contribution is 2.03. The number of benzene rings is 1. The minimum atomic E-state index is -0.513. The summed E-state index contributed by atoms with van der Waals surface area (Å²) in [6, 6.07) is 8.72. The zero-order chi connectivity index (χ0) is 14.3. The van der Waals surface area contributed by atoms with Crippen LogP contribution in [0.15, 0.2) is 42.1 Å². The molecule has 0 fully saturated rings. The molecular weight excluding hydrogens is 242 g/mol. The van der Waals surface area contributed by atoms with Gasteiger partial charge in [0.1, 0.15) is 5.70 Å². The molecule has 102 valence electrons. The Bertz CT molecular complexity index is 464. The smallest absolute Gasteiger partial charge is 0.354 e. The Balaban J connectivity index is 2.63. The van der Waals surface area contributed by atoms with Crippen LogP contribution in [-0.2, 0) is 9.53 Å². The first kappa shape index (κ1) is 15.0. The lowest BCUT2D eigenvalue weighted by Gasteiger charge is -2.11. The number of allylic oxidation sites excluding steroid dienone is 1. The van der Waals surface area contributed by atoms with Gasteiger partial charge in [0.05, 0.1) is 6.61 Å². The Hall–Kier alpha value is -2.10. The second kappa shape index (κ2) is 7.36. The largest absolute Gasteiger partial charge is 0.461 e. The van der Waals surface area contributed by atoms with Crippen molar-refractivity contribution in [3.8, 4) is 0 Å². The summed E-state index contributed by atoms with van der Waals surface area (Å²) in [5, 5.41) is 2.55. The summed E-state index contributed by atoms with van der Waals surface area (Å²) in [5.41, 5.74) is 0.660. The maximum Gasteiger partial charge on any atom is 0.354 e. The molecule has 0 aliphatic carbocycles. The summed E-state index contributed by atoms with van der Waals surface area (Å²) in [5.74, 6) is -0.581. The molecule has 0 spiro atoms. The van der Waals surface area contributed by atoms with Crippen molar-refractivity contribution in [1.29, 1.82) is 0 Å². The average molecular weight is 261 g/mol. The fourth-order valence-corrected chi connectivity index (χ4v) is 1.35. The molecule has 0 saturated carbocycles. The zero-order valence-electron chi connectivity index (χ0n) is 11.5. The normalized spacial score (nSPS) is 11.3. The lowest BCUT2D eigenvalue weighted by atomic mass is 10.2. The van der Waals surface area contributed by atoms with Crippen molar-refractivity contribution in [2.75, 3.05) is 6.61 Å². The van der Waals surface area contributed by atoms with Gasteiger partial charge in [0.2, 0.25) is 0 Å². The van der Waals surface area contributed by atoms with Gasteiger partial charge in [-0.15, -0.1) is 0 Å². The summed E-state index contributed by atoms with van der Waals surface area (Å²) in [4.78, 5) is 23.6. The molecule has 0 aromatic heterocycles. The predicted molar refractivity (Wildman–Crippen MR) is 73.5 cm³/mol. The molecule has 0 aliphatic heterocycles. The molecular formula is C15H19NO3. The van der Waals surface area contributed by atoms with Gasteiger partial charge in [-0.05, 0) is 25.0 Å². The Morgan fingerprint density at radius 2 is 1.89 bits per heavy atom. The van der Waals surface area contributed by atoms with Crippen molar-refractivity contribution in [1.82, 2.24) is 5.32 Å². The molecule has 1 rings (SSSR count). The van der Waals surface area contributed by atoms with Crippen molar-refractivity contribution >= 4 is 11.9 Å². The van der Waals surface area contributed by atoms with Crippen LogP contribution in [0.2, 0.25) is 0 Å². The van der Waals surface area contributed by atoms with Gasteiger partial charge in [0.25, 0.3) is 5.91 Å². The van der Waals surface area contributed by atoms with Crippen LogP contribution in [-0.4, -0.2) is 18.5 Å². The molecule has 1 amide bonds. The molecule has 1 N–H and O–H groups in total. The number of ether oxygens (including phenoxy) is 1. The minimum Gasteiger partial charge on any atom is -0.461 e. The Morgan fingerprint density at radius 1 is 1.26 bits per heavy atom. The SMILES string of the molecule is C/C=C(\NC(=O)c1ccccc1)C(=O)OCC(C)C. The van der Waals surface area contributed by atoms with Gasteiger partial charge in [0.15, 0.2) is 0 Å². The van der Waals surface area contributed by atoms with E-state index in [4.69, 9.17) is 4.74 Å². The Morgan fingerprint density at radius 3 is 2.42 bits per heavy atom. The first-order valence-electron chi connectivity index (χ1n) is 6.24. The van der Waals surface area contributed by atoms with Crippen LogP contribution >= 0.6 is 0 Å².